The zero-order valence-electron chi connectivity index (χ0n) is 12.6. The average molecular weight is 303 g/mol. The monoisotopic (exact) mass is 303 g/mol. The van der Waals surface area contributed by atoms with E-state index in [2.05, 4.69) is 41.6 Å². The van der Waals surface area contributed by atoms with Crippen molar-refractivity contribution in [1.82, 2.24) is 10.3 Å². The first-order chi connectivity index (χ1) is 10.1. The van der Waals surface area contributed by atoms with Gasteiger partial charge in [-0.3, -0.25) is 4.79 Å². The molecule has 1 unspecified atom stereocenters. The van der Waals surface area contributed by atoms with Crippen molar-refractivity contribution in [2.75, 3.05) is 11.9 Å². The quantitative estimate of drug-likeness (QED) is 0.859. The minimum atomic E-state index is -0.211. The average Bonchev–Trinajstić information content (AvgIpc) is 2.93. The number of anilines is 1. The SMILES string of the molecule is CCCNC(C)C(=O)Nc1nc(-c2ccc(C)cc2)cs1. The van der Waals surface area contributed by atoms with Gasteiger partial charge in [0.25, 0.3) is 0 Å². The van der Waals surface area contributed by atoms with E-state index in [1.54, 1.807) is 0 Å². The third kappa shape index (κ3) is 4.37. The number of hydrogen-bond donors (Lipinski definition) is 2. The Hall–Kier alpha value is -1.72. The number of carbonyl (C=O) groups excluding carboxylic acids is 1. The van der Waals surface area contributed by atoms with Crippen LogP contribution < -0.4 is 10.6 Å². The highest BCUT2D eigenvalue weighted by Gasteiger charge is 2.13. The number of nitrogens with one attached hydrogen (secondary N) is 2. The van der Waals surface area contributed by atoms with Gasteiger partial charge in [-0.2, -0.15) is 0 Å². The molecule has 0 aliphatic carbocycles. The van der Waals surface area contributed by atoms with Gasteiger partial charge in [0.2, 0.25) is 5.91 Å². The molecule has 0 fully saturated rings. The molecular formula is C16H21N3OS. The molecule has 1 amide bonds. The van der Waals surface area contributed by atoms with Crippen LogP contribution in [0.15, 0.2) is 29.6 Å². The van der Waals surface area contributed by atoms with Crippen LogP contribution in [0.2, 0.25) is 0 Å². The molecule has 0 spiro atoms. The van der Waals surface area contributed by atoms with E-state index in [4.69, 9.17) is 0 Å². The van der Waals surface area contributed by atoms with Gasteiger partial charge in [-0.05, 0) is 26.8 Å². The Morgan fingerprint density at radius 2 is 2.05 bits per heavy atom. The van der Waals surface area contributed by atoms with E-state index >= 15 is 0 Å². The summed E-state index contributed by atoms with van der Waals surface area (Å²) in [5.74, 6) is -0.0479. The summed E-state index contributed by atoms with van der Waals surface area (Å²) in [5.41, 5.74) is 3.18. The van der Waals surface area contributed by atoms with Gasteiger partial charge in [-0.1, -0.05) is 36.8 Å². The molecule has 112 valence electrons. The highest BCUT2D eigenvalue weighted by Crippen LogP contribution is 2.25. The Morgan fingerprint density at radius 1 is 1.33 bits per heavy atom. The minimum absolute atomic E-state index is 0.0479. The standard InChI is InChI=1S/C16H21N3OS/c1-4-9-17-12(3)15(20)19-16-18-14(10-21-16)13-7-5-11(2)6-8-13/h5-8,10,12,17H,4,9H2,1-3H3,(H,18,19,20). The maximum Gasteiger partial charge on any atom is 0.243 e. The van der Waals surface area contributed by atoms with Crippen LogP contribution in [0.5, 0.6) is 0 Å². The molecule has 0 aliphatic rings. The predicted octanol–water partition coefficient (Wildman–Crippen LogP) is 3.45. The number of hydrogen-bond acceptors (Lipinski definition) is 4. The van der Waals surface area contributed by atoms with Crippen LogP contribution in [0.25, 0.3) is 11.3 Å². The summed E-state index contributed by atoms with van der Waals surface area (Å²) in [6, 6.07) is 7.99. The Kier molecular flexibility index (Phi) is 5.47. The van der Waals surface area contributed by atoms with Crippen molar-refractivity contribution >= 4 is 22.4 Å². The summed E-state index contributed by atoms with van der Waals surface area (Å²) in [4.78, 5) is 16.5. The highest BCUT2D eigenvalue weighted by molar-refractivity contribution is 7.14. The molecule has 1 aromatic heterocycles. The molecule has 2 aromatic rings. The lowest BCUT2D eigenvalue weighted by Crippen LogP contribution is -2.38. The maximum absolute atomic E-state index is 12.0. The highest BCUT2D eigenvalue weighted by atomic mass is 32.1. The van der Waals surface area contributed by atoms with Gasteiger partial charge in [0.1, 0.15) is 0 Å². The minimum Gasteiger partial charge on any atom is -0.306 e. The lowest BCUT2D eigenvalue weighted by Gasteiger charge is -2.11. The molecule has 1 atom stereocenters. The van der Waals surface area contributed by atoms with Gasteiger partial charge in [-0.15, -0.1) is 11.3 Å². The third-order valence-corrected chi connectivity index (χ3v) is 3.93. The number of aromatic nitrogens is 1. The second-order valence-corrected chi connectivity index (χ2v) is 5.93. The lowest BCUT2D eigenvalue weighted by atomic mass is 10.1. The fraction of sp³-hybridized carbons (Fsp3) is 0.375. The van der Waals surface area contributed by atoms with Gasteiger partial charge in [-0.25, -0.2) is 4.98 Å². The summed E-state index contributed by atoms with van der Waals surface area (Å²) in [5, 5.41) is 8.62. The van der Waals surface area contributed by atoms with Crippen molar-refractivity contribution in [3.63, 3.8) is 0 Å². The maximum atomic E-state index is 12.0. The van der Waals surface area contributed by atoms with Crippen LogP contribution in [0, 0.1) is 6.92 Å². The predicted molar refractivity (Wildman–Crippen MR) is 88.7 cm³/mol. The van der Waals surface area contributed by atoms with Gasteiger partial charge < -0.3 is 10.6 Å². The molecule has 0 saturated carbocycles. The van der Waals surface area contributed by atoms with E-state index in [0.29, 0.717) is 5.13 Å². The van der Waals surface area contributed by atoms with E-state index in [9.17, 15) is 4.79 Å². The summed E-state index contributed by atoms with van der Waals surface area (Å²) in [6.07, 6.45) is 1.01. The number of benzene rings is 1. The van der Waals surface area contributed by atoms with Crippen LogP contribution in [-0.4, -0.2) is 23.5 Å². The number of rotatable bonds is 6. The number of aryl methyl sites for hydroxylation is 1. The van der Waals surface area contributed by atoms with Gasteiger partial charge in [0.05, 0.1) is 11.7 Å². The first kappa shape index (κ1) is 15.7. The number of nitrogens with zero attached hydrogens (tertiary/aromatic N) is 1. The van der Waals surface area contributed by atoms with Crippen molar-refractivity contribution in [3.05, 3.63) is 35.2 Å². The van der Waals surface area contributed by atoms with Crippen LogP contribution >= 0.6 is 11.3 Å². The molecule has 0 saturated heterocycles. The molecule has 0 aliphatic heterocycles. The van der Waals surface area contributed by atoms with E-state index in [1.807, 2.05) is 24.4 Å². The number of carbonyl (C=O) groups is 1. The Morgan fingerprint density at radius 3 is 2.71 bits per heavy atom. The molecule has 2 rings (SSSR count). The van der Waals surface area contributed by atoms with Crippen molar-refractivity contribution in [2.45, 2.75) is 33.2 Å². The summed E-state index contributed by atoms with van der Waals surface area (Å²) >= 11 is 1.45. The lowest BCUT2D eigenvalue weighted by molar-refractivity contribution is -0.117. The fourth-order valence-electron chi connectivity index (χ4n) is 1.86. The van der Waals surface area contributed by atoms with Crippen molar-refractivity contribution in [3.8, 4) is 11.3 Å². The first-order valence-electron chi connectivity index (χ1n) is 7.17. The molecule has 0 radical (unpaired) electrons. The van der Waals surface area contributed by atoms with E-state index in [-0.39, 0.29) is 11.9 Å². The van der Waals surface area contributed by atoms with E-state index in [0.717, 1.165) is 24.2 Å². The summed E-state index contributed by atoms with van der Waals surface area (Å²) < 4.78 is 0. The van der Waals surface area contributed by atoms with Crippen LogP contribution in [-0.2, 0) is 4.79 Å². The third-order valence-electron chi connectivity index (χ3n) is 3.18. The number of amides is 1. The smallest absolute Gasteiger partial charge is 0.243 e. The molecule has 0 bridgehead atoms. The molecule has 4 nitrogen and oxygen atoms in total. The molecule has 1 aromatic carbocycles. The number of thiazole rings is 1. The van der Waals surface area contributed by atoms with Crippen molar-refractivity contribution in [1.29, 1.82) is 0 Å². The van der Waals surface area contributed by atoms with Gasteiger partial charge >= 0.3 is 0 Å². The molecule has 5 heteroatoms. The summed E-state index contributed by atoms with van der Waals surface area (Å²) in [7, 11) is 0. The van der Waals surface area contributed by atoms with E-state index < -0.39 is 0 Å². The second kappa shape index (κ2) is 7.33. The molecule has 21 heavy (non-hydrogen) atoms. The van der Waals surface area contributed by atoms with Crippen LogP contribution in [0.3, 0.4) is 0 Å². The van der Waals surface area contributed by atoms with Crippen molar-refractivity contribution in [2.24, 2.45) is 0 Å². The van der Waals surface area contributed by atoms with Crippen LogP contribution in [0.4, 0.5) is 5.13 Å². The molecule has 2 N–H and O–H groups in total. The largest absolute Gasteiger partial charge is 0.306 e. The summed E-state index contributed by atoms with van der Waals surface area (Å²) in [6.45, 7) is 6.83. The second-order valence-electron chi connectivity index (χ2n) is 5.07. The zero-order valence-corrected chi connectivity index (χ0v) is 13.5. The topological polar surface area (TPSA) is 54.0 Å². The van der Waals surface area contributed by atoms with Crippen LogP contribution in [0.1, 0.15) is 25.8 Å². The van der Waals surface area contributed by atoms with E-state index in [1.165, 1.54) is 16.9 Å². The molecule has 1 heterocycles. The Balaban J connectivity index is 2.00. The Labute approximate surface area is 129 Å². The first-order valence-corrected chi connectivity index (χ1v) is 8.05. The normalized spacial score (nSPS) is 12.1. The molecular weight excluding hydrogens is 282 g/mol. The van der Waals surface area contributed by atoms with Crippen molar-refractivity contribution < 1.29 is 4.79 Å². The zero-order chi connectivity index (χ0) is 15.2. The van der Waals surface area contributed by atoms with Gasteiger partial charge in [0, 0.05) is 10.9 Å². The Bertz CT molecular complexity index is 592. The fourth-order valence-corrected chi connectivity index (χ4v) is 2.58. The van der Waals surface area contributed by atoms with Gasteiger partial charge in [0.15, 0.2) is 5.13 Å².